The number of carbonyl (C=O) groups is 2. The molecule has 2 amide bonds. The van der Waals surface area contributed by atoms with Gasteiger partial charge in [-0.15, -0.1) is 0 Å². The van der Waals surface area contributed by atoms with Gasteiger partial charge in [0.2, 0.25) is 18.6 Å². The summed E-state index contributed by atoms with van der Waals surface area (Å²) in [5.74, 6) is 1.77. The van der Waals surface area contributed by atoms with Crippen molar-refractivity contribution in [1.82, 2.24) is 9.88 Å². The van der Waals surface area contributed by atoms with Crippen molar-refractivity contribution in [3.63, 3.8) is 0 Å². The maximum Gasteiger partial charge on any atom is 0.247 e. The summed E-state index contributed by atoms with van der Waals surface area (Å²) in [5, 5.41) is 0. The van der Waals surface area contributed by atoms with Crippen molar-refractivity contribution in [1.29, 1.82) is 0 Å². The normalized spacial score (nSPS) is 16.2. The van der Waals surface area contributed by atoms with E-state index < -0.39 is 0 Å². The number of benzene rings is 1. The number of piperazine rings is 1. The summed E-state index contributed by atoms with van der Waals surface area (Å²) >= 11 is 0. The highest BCUT2D eigenvalue weighted by Crippen LogP contribution is 2.32. The Morgan fingerprint density at radius 3 is 2.80 bits per heavy atom. The number of anilines is 1. The Balaban J connectivity index is 1.40. The second-order valence-corrected chi connectivity index (χ2v) is 5.91. The van der Waals surface area contributed by atoms with Gasteiger partial charge >= 0.3 is 0 Å². The van der Waals surface area contributed by atoms with E-state index in [2.05, 4.69) is 4.98 Å². The lowest BCUT2D eigenvalue weighted by Gasteiger charge is -2.33. The smallest absolute Gasteiger partial charge is 0.247 e. The number of nitrogens with zero attached hydrogens (tertiary/aromatic N) is 3. The molecular formula is C18H17N3O4. The number of rotatable bonds is 3. The summed E-state index contributed by atoms with van der Waals surface area (Å²) < 4.78 is 10.6. The minimum Gasteiger partial charge on any atom is -0.454 e. The number of carbonyl (C=O) groups excluding carboxylic acids is 2. The predicted octanol–water partition coefficient (Wildman–Crippen LogP) is 1.23. The largest absolute Gasteiger partial charge is 0.454 e. The molecular weight excluding hydrogens is 322 g/mol. The predicted molar refractivity (Wildman–Crippen MR) is 89.4 cm³/mol. The number of fused-ring (bicyclic) bond motifs is 1. The Bertz CT molecular complexity index is 809. The van der Waals surface area contributed by atoms with Gasteiger partial charge in [0, 0.05) is 19.3 Å². The number of hydrogen-bond donors (Lipinski definition) is 0. The van der Waals surface area contributed by atoms with Crippen molar-refractivity contribution >= 4 is 17.6 Å². The van der Waals surface area contributed by atoms with Gasteiger partial charge in [0.25, 0.3) is 0 Å². The Hall–Kier alpha value is -3.09. The zero-order valence-corrected chi connectivity index (χ0v) is 13.6. The van der Waals surface area contributed by atoms with Crippen LogP contribution in [0.2, 0.25) is 0 Å². The van der Waals surface area contributed by atoms with Gasteiger partial charge in [0.15, 0.2) is 11.5 Å². The average Bonchev–Trinajstić information content (AvgIpc) is 3.10. The van der Waals surface area contributed by atoms with E-state index in [1.807, 2.05) is 18.2 Å². The molecule has 7 heteroatoms. The van der Waals surface area contributed by atoms with E-state index in [4.69, 9.17) is 9.47 Å². The Labute approximate surface area is 144 Å². The van der Waals surface area contributed by atoms with Crippen LogP contribution in [0.4, 0.5) is 5.82 Å². The minimum atomic E-state index is -0.121. The van der Waals surface area contributed by atoms with Crippen LogP contribution in [0.3, 0.4) is 0 Å². The van der Waals surface area contributed by atoms with Gasteiger partial charge in [0.05, 0.1) is 6.42 Å². The number of pyridine rings is 1. The molecule has 3 heterocycles. The lowest BCUT2D eigenvalue weighted by Crippen LogP contribution is -2.53. The Morgan fingerprint density at radius 1 is 1.12 bits per heavy atom. The van der Waals surface area contributed by atoms with Crippen molar-refractivity contribution < 1.29 is 19.1 Å². The van der Waals surface area contributed by atoms with E-state index in [-0.39, 0.29) is 31.6 Å². The molecule has 4 rings (SSSR count). The second kappa shape index (κ2) is 6.43. The minimum absolute atomic E-state index is 0.0694. The van der Waals surface area contributed by atoms with Gasteiger partial charge in [-0.2, -0.15) is 0 Å². The highest BCUT2D eigenvalue weighted by molar-refractivity contribution is 5.97. The lowest BCUT2D eigenvalue weighted by atomic mass is 10.1. The fourth-order valence-electron chi connectivity index (χ4n) is 2.98. The highest BCUT2D eigenvalue weighted by Gasteiger charge is 2.28. The summed E-state index contributed by atoms with van der Waals surface area (Å²) in [5.41, 5.74) is 0.842. The summed E-state index contributed by atoms with van der Waals surface area (Å²) in [6.45, 7) is 1.21. The van der Waals surface area contributed by atoms with E-state index in [1.54, 1.807) is 34.2 Å². The quantitative estimate of drug-likeness (QED) is 0.841. The molecule has 0 unspecified atom stereocenters. The molecule has 2 aliphatic heterocycles. The number of aromatic nitrogens is 1. The van der Waals surface area contributed by atoms with E-state index in [1.165, 1.54) is 0 Å². The molecule has 2 aromatic rings. The highest BCUT2D eigenvalue weighted by atomic mass is 16.7. The first-order chi connectivity index (χ1) is 12.2. The van der Waals surface area contributed by atoms with Crippen LogP contribution < -0.4 is 14.4 Å². The molecule has 1 saturated heterocycles. The van der Waals surface area contributed by atoms with E-state index in [9.17, 15) is 9.59 Å². The molecule has 0 saturated carbocycles. The van der Waals surface area contributed by atoms with Crippen LogP contribution in [0.1, 0.15) is 5.56 Å². The second-order valence-electron chi connectivity index (χ2n) is 5.91. The molecule has 1 fully saturated rings. The number of hydrogen-bond acceptors (Lipinski definition) is 5. The van der Waals surface area contributed by atoms with E-state index in [0.717, 1.165) is 5.56 Å². The summed E-state index contributed by atoms with van der Waals surface area (Å²) in [6.07, 6.45) is 1.88. The Morgan fingerprint density at radius 2 is 2.00 bits per heavy atom. The van der Waals surface area contributed by atoms with Crippen LogP contribution >= 0.6 is 0 Å². The van der Waals surface area contributed by atoms with Gasteiger partial charge in [-0.3, -0.25) is 14.5 Å². The lowest BCUT2D eigenvalue weighted by molar-refractivity contribution is -0.136. The summed E-state index contributed by atoms with van der Waals surface area (Å²) in [6, 6.07) is 10.9. The molecule has 2 aliphatic rings. The molecule has 128 valence electrons. The van der Waals surface area contributed by atoms with E-state index >= 15 is 0 Å². The van der Waals surface area contributed by atoms with Gasteiger partial charge in [0.1, 0.15) is 12.4 Å². The van der Waals surface area contributed by atoms with Crippen LogP contribution in [0.15, 0.2) is 42.6 Å². The average molecular weight is 339 g/mol. The molecule has 0 aliphatic carbocycles. The van der Waals surface area contributed by atoms with Crippen molar-refractivity contribution in [2.24, 2.45) is 0 Å². The van der Waals surface area contributed by atoms with E-state index in [0.29, 0.717) is 30.4 Å². The summed E-state index contributed by atoms with van der Waals surface area (Å²) in [7, 11) is 0. The molecule has 1 aromatic heterocycles. The number of ether oxygens (including phenoxy) is 2. The van der Waals surface area contributed by atoms with Crippen LogP contribution in [0, 0.1) is 0 Å². The number of amides is 2. The first-order valence-electron chi connectivity index (χ1n) is 8.08. The van der Waals surface area contributed by atoms with Crippen molar-refractivity contribution in [3.05, 3.63) is 48.2 Å². The molecule has 0 bridgehead atoms. The zero-order chi connectivity index (χ0) is 17.2. The molecule has 0 radical (unpaired) electrons. The van der Waals surface area contributed by atoms with Crippen LogP contribution in [-0.2, 0) is 16.0 Å². The first kappa shape index (κ1) is 15.4. The van der Waals surface area contributed by atoms with Crippen LogP contribution in [0.25, 0.3) is 0 Å². The monoisotopic (exact) mass is 339 g/mol. The van der Waals surface area contributed by atoms with Gasteiger partial charge in [-0.25, -0.2) is 4.98 Å². The first-order valence-corrected chi connectivity index (χ1v) is 8.08. The molecule has 0 N–H and O–H groups in total. The third kappa shape index (κ3) is 3.13. The molecule has 0 atom stereocenters. The van der Waals surface area contributed by atoms with Crippen molar-refractivity contribution in [2.45, 2.75) is 6.42 Å². The Kier molecular flexibility index (Phi) is 3.97. The maximum absolute atomic E-state index is 12.5. The van der Waals surface area contributed by atoms with Crippen LogP contribution in [0.5, 0.6) is 11.5 Å². The molecule has 25 heavy (non-hydrogen) atoms. The third-order valence-corrected chi connectivity index (χ3v) is 4.29. The standard InChI is InChI=1S/C18H17N3O4/c22-17(10-13-4-5-14-15(9-13)25-12-24-14)20-7-8-21(18(23)11-20)16-3-1-2-6-19-16/h1-6,9H,7-8,10-12H2. The summed E-state index contributed by atoms with van der Waals surface area (Å²) in [4.78, 5) is 32.3. The van der Waals surface area contributed by atoms with Crippen LogP contribution in [-0.4, -0.2) is 48.1 Å². The fraction of sp³-hybridized carbons (Fsp3) is 0.278. The zero-order valence-electron chi connectivity index (χ0n) is 13.6. The SMILES string of the molecule is O=C(Cc1ccc2c(c1)OCO2)N1CCN(c2ccccn2)C(=O)C1. The van der Waals surface area contributed by atoms with Gasteiger partial charge < -0.3 is 14.4 Å². The molecule has 7 nitrogen and oxygen atoms in total. The molecule has 0 spiro atoms. The third-order valence-electron chi connectivity index (χ3n) is 4.29. The fourth-order valence-corrected chi connectivity index (χ4v) is 2.98. The molecule has 1 aromatic carbocycles. The maximum atomic E-state index is 12.5. The van der Waals surface area contributed by atoms with Crippen molar-refractivity contribution in [2.75, 3.05) is 31.3 Å². The van der Waals surface area contributed by atoms with Crippen molar-refractivity contribution in [3.8, 4) is 11.5 Å². The van der Waals surface area contributed by atoms with Gasteiger partial charge in [-0.1, -0.05) is 12.1 Å². The van der Waals surface area contributed by atoms with Gasteiger partial charge in [-0.05, 0) is 29.8 Å². The topological polar surface area (TPSA) is 72.0 Å².